The van der Waals surface area contributed by atoms with Gasteiger partial charge in [-0.15, -0.1) is 6.58 Å². The van der Waals surface area contributed by atoms with E-state index in [4.69, 9.17) is 9.47 Å². The predicted molar refractivity (Wildman–Crippen MR) is 121 cm³/mol. The van der Waals surface area contributed by atoms with Crippen LogP contribution in [0.25, 0.3) is 0 Å². The van der Waals surface area contributed by atoms with Crippen molar-refractivity contribution in [2.24, 2.45) is 17.3 Å². The third-order valence-electron chi connectivity index (χ3n) is 9.32. The zero-order valence-electron chi connectivity index (χ0n) is 19.3. The Morgan fingerprint density at radius 1 is 1.15 bits per heavy atom. The van der Waals surface area contributed by atoms with E-state index >= 15 is 0 Å². The van der Waals surface area contributed by atoms with E-state index < -0.39 is 42.3 Å². The Hall–Kier alpha value is -1.97. The molecule has 1 aromatic rings. The van der Waals surface area contributed by atoms with Crippen LogP contribution in [-0.2, 0) is 16.0 Å². The third kappa shape index (κ3) is 3.42. The van der Waals surface area contributed by atoms with E-state index in [1.54, 1.807) is 12.1 Å². The van der Waals surface area contributed by atoms with Crippen molar-refractivity contribution in [3.63, 3.8) is 0 Å². The quantitative estimate of drug-likeness (QED) is 0.416. The number of aliphatic hydroxyl groups excluding tert-OH is 3. The lowest BCUT2D eigenvalue weighted by atomic mass is 9.53. The van der Waals surface area contributed by atoms with Crippen LogP contribution in [-0.4, -0.2) is 67.8 Å². The van der Waals surface area contributed by atoms with Gasteiger partial charge in [-0.3, -0.25) is 0 Å². The molecule has 5 rings (SSSR count). The molecule has 3 fully saturated rings. The van der Waals surface area contributed by atoms with E-state index in [2.05, 4.69) is 13.5 Å². The normalized spacial score (nSPS) is 45.6. The zero-order chi connectivity index (χ0) is 24.4. The second-order valence-corrected chi connectivity index (χ2v) is 10.8. The Balaban J connectivity index is 1.35. The van der Waals surface area contributed by atoms with Crippen molar-refractivity contribution >= 4 is 5.97 Å². The van der Waals surface area contributed by atoms with Gasteiger partial charge in [-0.25, -0.2) is 4.79 Å². The van der Waals surface area contributed by atoms with Crippen LogP contribution < -0.4 is 4.74 Å². The number of benzene rings is 1. The number of aryl methyl sites for hydroxylation is 1. The van der Waals surface area contributed by atoms with Crippen LogP contribution in [0.5, 0.6) is 5.75 Å². The van der Waals surface area contributed by atoms with Gasteiger partial charge in [0.2, 0.25) is 6.29 Å². The number of hydrogen-bond acceptors (Lipinski definition) is 7. The molecule has 1 aliphatic heterocycles. The van der Waals surface area contributed by atoms with Gasteiger partial charge in [-0.2, -0.15) is 0 Å². The lowest BCUT2D eigenvalue weighted by Gasteiger charge is -2.52. The first kappa shape index (κ1) is 23.8. The van der Waals surface area contributed by atoms with E-state index in [1.807, 2.05) is 12.1 Å². The number of ether oxygens (including phenoxy) is 2. The lowest BCUT2D eigenvalue weighted by Crippen LogP contribution is -2.61. The number of hydrogen-bond donors (Lipinski definition) is 5. The molecule has 8 heteroatoms. The molecule has 1 heterocycles. The van der Waals surface area contributed by atoms with Crippen LogP contribution in [0.4, 0.5) is 0 Å². The molecule has 10 atom stereocenters. The minimum absolute atomic E-state index is 0.142. The fraction of sp³-hybridized carbons (Fsp3) is 0.654. The van der Waals surface area contributed by atoms with Gasteiger partial charge < -0.3 is 35.0 Å². The molecule has 0 unspecified atom stereocenters. The summed E-state index contributed by atoms with van der Waals surface area (Å²) in [6.45, 7) is 6.15. The Morgan fingerprint density at radius 3 is 2.62 bits per heavy atom. The van der Waals surface area contributed by atoms with Gasteiger partial charge in [0.05, 0.1) is 5.60 Å². The van der Waals surface area contributed by atoms with Crippen molar-refractivity contribution < 1.29 is 39.8 Å². The van der Waals surface area contributed by atoms with Crippen molar-refractivity contribution in [3.05, 3.63) is 42.0 Å². The lowest BCUT2D eigenvalue weighted by molar-refractivity contribution is -0.271. The topological polar surface area (TPSA) is 137 Å². The fourth-order valence-corrected chi connectivity index (χ4v) is 7.30. The molecule has 4 aliphatic rings. The van der Waals surface area contributed by atoms with Gasteiger partial charge in [-0.1, -0.05) is 19.1 Å². The molecule has 2 saturated carbocycles. The van der Waals surface area contributed by atoms with Gasteiger partial charge in [0.15, 0.2) is 6.10 Å². The van der Waals surface area contributed by atoms with Gasteiger partial charge in [0.1, 0.15) is 24.1 Å². The molecule has 0 amide bonds. The second kappa shape index (κ2) is 8.31. The molecule has 8 nitrogen and oxygen atoms in total. The maximum atomic E-state index is 11.3. The number of aliphatic carboxylic acids is 1. The number of carbonyl (C=O) groups is 1. The van der Waals surface area contributed by atoms with Gasteiger partial charge >= 0.3 is 5.97 Å². The molecular formula is C26H34O8. The third-order valence-corrected chi connectivity index (χ3v) is 9.32. The number of aliphatic hydroxyl groups is 4. The van der Waals surface area contributed by atoms with Gasteiger partial charge in [0.25, 0.3) is 0 Å². The molecule has 1 aromatic carbocycles. The molecule has 1 saturated heterocycles. The molecule has 0 radical (unpaired) electrons. The standard InChI is InChI=1S/C26H34O8/c1-3-26(32)11-9-18-17-6-4-13-12-14(5-7-15(13)16(17)8-10-25(18,26)2)33-24-21(29)19(27)20(28)22(34-24)23(30)31/h3,5,7,12,16-22,24,27-29,32H,1,4,6,8-11H2,2H3,(H,30,31)/t16-,17-,18+,19+,20+,21-,22+,24-,25+,26+/m1/s1. The van der Waals surface area contributed by atoms with Crippen LogP contribution in [0.15, 0.2) is 30.9 Å². The van der Waals surface area contributed by atoms with E-state index in [9.17, 15) is 30.3 Å². The minimum Gasteiger partial charge on any atom is -0.479 e. The maximum Gasteiger partial charge on any atom is 0.335 e. The van der Waals surface area contributed by atoms with E-state index in [0.29, 0.717) is 23.5 Å². The highest BCUT2D eigenvalue weighted by atomic mass is 16.7. The highest BCUT2D eigenvalue weighted by Crippen LogP contribution is 2.64. The predicted octanol–water partition coefficient (Wildman–Crippen LogP) is 1.73. The highest BCUT2D eigenvalue weighted by molar-refractivity contribution is 5.73. The Labute approximate surface area is 198 Å². The van der Waals surface area contributed by atoms with Gasteiger partial charge in [-0.05, 0) is 79.5 Å². The van der Waals surface area contributed by atoms with Crippen LogP contribution >= 0.6 is 0 Å². The van der Waals surface area contributed by atoms with Crippen LogP contribution in [0.2, 0.25) is 0 Å². The van der Waals surface area contributed by atoms with Crippen molar-refractivity contribution in [2.45, 2.75) is 87.7 Å². The zero-order valence-corrected chi connectivity index (χ0v) is 19.3. The molecule has 3 aliphatic carbocycles. The molecule has 0 bridgehead atoms. The van der Waals surface area contributed by atoms with Crippen LogP contribution in [0, 0.1) is 17.3 Å². The molecule has 186 valence electrons. The first-order valence-corrected chi connectivity index (χ1v) is 12.2. The molecule has 0 spiro atoms. The van der Waals surface area contributed by atoms with Crippen molar-refractivity contribution in [1.29, 1.82) is 0 Å². The number of carboxylic acids is 1. The average molecular weight is 475 g/mol. The molecule has 5 N–H and O–H groups in total. The monoisotopic (exact) mass is 474 g/mol. The first-order valence-electron chi connectivity index (χ1n) is 12.2. The Morgan fingerprint density at radius 2 is 1.91 bits per heavy atom. The summed E-state index contributed by atoms with van der Waals surface area (Å²) in [5.74, 6) is 0.334. The average Bonchev–Trinajstić information content (AvgIpc) is 3.10. The Bertz CT molecular complexity index is 980. The maximum absolute atomic E-state index is 11.3. The molecule has 0 aromatic heterocycles. The minimum atomic E-state index is -1.75. The SMILES string of the molecule is C=C[C@]1(O)CC[C@H]2[C@@H]3CCc4cc(O[C@@H]5O[C@H](C(=O)O)[C@@H](O)[C@H](O)[C@H]5O)ccc4[C@H]3CC[C@@]21C. The van der Waals surface area contributed by atoms with Crippen molar-refractivity contribution in [1.82, 2.24) is 0 Å². The Kier molecular flexibility index (Phi) is 5.81. The summed E-state index contributed by atoms with van der Waals surface area (Å²) in [7, 11) is 0. The summed E-state index contributed by atoms with van der Waals surface area (Å²) in [6.07, 6.45) is -0.813. The smallest absolute Gasteiger partial charge is 0.335 e. The fourth-order valence-electron chi connectivity index (χ4n) is 7.30. The number of rotatable bonds is 4. The summed E-state index contributed by atoms with van der Waals surface area (Å²) >= 11 is 0. The molecule has 34 heavy (non-hydrogen) atoms. The summed E-state index contributed by atoms with van der Waals surface area (Å²) in [6, 6.07) is 5.72. The first-order chi connectivity index (χ1) is 16.1. The van der Waals surface area contributed by atoms with Crippen LogP contribution in [0.3, 0.4) is 0 Å². The number of carboxylic acid groups (broad SMARTS) is 1. The molecular weight excluding hydrogens is 440 g/mol. The van der Waals surface area contributed by atoms with Crippen molar-refractivity contribution in [3.8, 4) is 5.75 Å². The highest BCUT2D eigenvalue weighted by Gasteiger charge is 2.60. The summed E-state index contributed by atoms with van der Waals surface area (Å²) in [5.41, 5.74) is 1.49. The summed E-state index contributed by atoms with van der Waals surface area (Å²) in [4.78, 5) is 11.3. The summed E-state index contributed by atoms with van der Waals surface area (Å²) in [5, 5.41) is 50.6. The van der Waals surface area contributed by atoms with Crippen LogP contribution in [0.1, 0.15) is 56.1 Å². The van der Waals surface area contributed by atoms with Gasteiger partial charge in [0, 0.05) is 5.41 Å². The summed E-state index contributed by atoms with van der Waals surface area (Å²) < 4.78 is 11.0. The second-order valence-electron chi connectivity index (χ2n) is 10.8. The van der Waals surface area contributed by atoms with Crippen molar-refractivity contribution in [2.75, 3.05) is 0 Å². The largest absolute Gasteiger partial charge is 0.479 e. The van der Waals surface area contributed by atoms with E-state index in [0.717, 1.165) is 44.1 Å². The van der Waals surface area contributed by atoms with E-state index in [1.165, 1.54) is 5.56 Å². The number of fused-ring (bicyclic) bond motifs is 5. The van der Waals surface area contributed by atoms with E-state index in [-0.39, 0.29) is 5.41 Å².